The average Bonchev–Trinajstić information content (AvgIpc) is 2.74. The van der Waals surface area contributed by atoms with Gasteiger partial charge in [0, 0.05) is 31.3 Å². The number of anilines is 1. The number of carbonyl (C=O) groups excluding carboxylic acids is 1. The molecule has 10 heteroatoms. The van der Waals surface area contributed by atoms with Crippen molar-refractivity contribution >= 4 is 21.6 Å². The molecule has 0 aromatic heterocycles. The van der Waals surface area contributed by atoms with Crippen LogP contribution in [0.25, 0.3) is 0 Å². The zero-order chi connectivity index (χ0) is 25.5. The number of hydrogen-bond donors (Lipinski definition) is 2. The fraction of sp³-hybridized carbons (Fsp3) is 0.708. The number of likely N-dealkylation sites (N-methyl/N-ethyl adjacent to an activating group) is 1. The molecule has 4 atom stereocenters. The summed E-state index contributed by atoms with van der Waals surface area (Å²) in [5, 5.41) is 9.91. The highest BCUT2D eigenvalue weighted by molar-refractivity contribution is 7.92. The number of hydrogen-bond acceptors (Lipinski definition) is 7. The van der Waals surface area contributed by atoms with E-state index in [-0.39, 0.29) is 41.9 Å². The molecule has 1 amide bonds. The third-order valence-electron chi connectivity index (χ3n) is 5.90. The lowest BCUT2D eigenvalue weighted by Crippen LogP contribution is -2.47. The average molecular weight is 500 g/mol. The molecule has 1 aliphatic heterocycles. The van der Waals surface area contributed by atoms with Crippen LogP contribution in [0.4, 0.5) is 5.69 Å². The summed E-state index contributed by atoms with van der Waals surface area (Å²) in [6.07, 6.45) is 3.48. The van der Waals surface area contributed by atoms with Gasteiger partial charge in [-0.25, -0.2) is 8.42 Å². The van der Waals surface area contributed by atoms with Gasteiger partial charge in [0.2, 0.25) is 10.0 Å². The minimum atomic E-state index is -3.52. The van der Waals surface area contributed by atoms with Gasteiger partial charge in [0.15, 0.2) is 0 Å². The molecular weight excluding hydrogens is 458 g/mol. The molecule has 2 N–H and O–H groups in total. The Kier molecular flexibility index (Phi) is 10.6. The number of aliphatic hydroxyl groups excluding tert-OH is 1. The van der Waals surface area contributed by atoms with Crippen LogP contribution in [-0.2, 0) is 14.8 Å². The lowest BCUT2D eigenvalue weighted by atomic mass is 10.0. The Morgan fingerprint density at radius 1 is 1.26 bits per heavy atom. The van der Waals surface area contributed by atoms with Crippen molar-refractivity contribution in [3.8, 4) is 5.75 Å². The van der Waals surface area contributed by atoms with E-state index < -0.39 is 16.1 Å². The van der Waals surface area contributed by atoms with Crippen LogP contribution < -0.4 is 9.46 Å². The molecule has 1 aliphatic rings. The smallest absolute Gasteiger partial charge is 0.258 e. The molecular formula is C24H41N3O6S. The predicted octanol–water partition coefficient (Wildman–Crippen LogP) is 2.42. The van der Waals surface area contributed by atoms with Crippen LogP contribution in [0.3, 0.4) is 0 Å². The van der Waals surface area contributed by atoms with E-state index in [0.29, 0.717) is 18.9 Å². The van der Waals surface area contributed by atoms with Gasteiger partial charge in [-0.05, 0) is 65.4 Å². The van der Waals surface area contributed by atoms with Crippen molar-refractivity contribution in [2.45, 2.75) is 58.3 Å². The van der Waals surface area contributed by atoms with Crippen LogP contribution in [0.5, 0.6) is 5.75 Å². The largest absolute Gasteiger partial charge is 0.490 e. The standard InChI is InChI=1S/C24H41N3O6S/c1-17-14-27(18(2)16-28)24(29)21-13-20(25-34(6,30)31)10-11-22(21)33-19(3)9-7-8-12-32-23(17)15-26(4)5/h10-11,13,17-19,23,25,28H,7-9,12,14-16H2,1-6H3/t17-,18+,19+,23+/m1/s1. The number of benzene rings is 1. The fourth-order valence-electron chi connectivity index (χ4n) is 4.02. The number of ether oxygens (including phenoxy) is 2. The van der Waals surface area contributed by atoms with Crippen LogP contribution in [0.1, 0.15) is 50.4 Å². The molecule has 1 aromatic rings. The van der Waals surface area contributed by atoms with Gasteiger partial charge in [-0.2, -0.15) is 0 Å². The number of nitrogens with one attached hydrogen (secondary N) is 1. The molecule has 0 saturated carbocycles. The van der Waals surface area contributed by atoms with Crippen LogP contribution >= 0.6 is 0 Å². The lowest BCUT2D eigenvalue weighted by molar-refractivity contribution is -0.0137. The van der Waals surface area contributed by atoms with Crippen LogP contribution in [0, 0.1) is 5.92 Å². The second-order valence-corrected chi connectivity index (χ2v) is 11.4. The Balaban J connectivity index is 2.51. The normalized spacial score (nSPS) is 24.2. The molecule has 0 saturated heterocycles. The van der Waals surface area contributed by atoms with E-state index in [1.807, 2.05) is 27.9 Å². The van der Waals surface area contributed by atoms with Gasteiger partial charge in [-0.3, -0.25) is 9.52 Å². The second kappa shape index (κ2) is 12.7. The molecule has 9 nitrogen and oxygen atoms in total. The minimum Gasteiger partial charge on any atom is -0.490 e. The SMILES string of the molecule is C[C@@H]1CN([C@@H](C)CO)C(=O)c2cc(NS(C)(=O)=O)ccc2O[C@@H](C)CCCCO[C@H]1CN(C)C. The fourth-order valence-corrected chi connectivity index (χ4v) is 4.58. The summed E-state index contributed by atoms with van der Waals surface area (Å²) in [4.78, 5) is 17.5. The summed E-state index contributed by atoms with van der Waals surface area (Å²) in [5.41, 5.74) is 0.542. The topological polar surface area (TPSA) is 108 Å². The number of nitrogens with zero attached hydrogens (tertiary/aromatic N) is 2. The van der Waals surface area contributed by atoms with E-state index >= 15 is 0 Å². The number of aliphatic hydroxyl groups is 1. The molecule has 0 bridgehead atoms. The quantitative estimate of drug-likeness (QED) is 0.619. The first-order chi connectivity index (χ1) is 15.9. The first-order valence-corrected chi connectivity index (χ1v) is 13.8. The van der Waals surface area contributed by atoms with Crippen LogP contribution in [0.2, 0.25) is 0 Å². The van der Waals surface area contributed by atoms with Gasteiger partial charge in [0.25, 0.3) is 5.91 Å². The maximum Gasteiger partial charge on any atom is 0.258 e. The van der Waals surface area contributed by atoms with E-state index in [4.69, 9.17) is 9.47 Å². The summed E-state index contributed by atoms with van der Waals surface area (Å²) < 4.78 is 38.3. The highest BCUT2D eigenvalue weighted by atomic mass is 32.2. The molecule has 34 heavy (non-hydrogen) atoms. The Hall–Kier alpha value is -1.88. The highest BCUT2D eigenvalue weighted by Crippen LogP contribution is 2.28. The minimum absolute atomic E-state index is 0.00362. The van der Waals surface area contributed by atoms with E-state index in [0.717, 1.165) is 32.1 Å². The zero-order valence-electron chi connectivity index (χ0n) is 21.3. The zero-order valence-corrected chi connectivity index (χ0v) is 22.1. The number of sulfonamides is 1. The van der Waals surface area contributed by atoms with Crippen molar-refractivity contribution in [3.05, 3.63) is 23.8 Å². The first kappa shape index (κ1) is 28.4. The summed E-state index contributed by atoms with van der Waals surface area (Å²) >= 11 is 0. The number of amides is 1. The Bertz CT molecular complexity index is 908. The lowest BCUT2D eigenvalue weighted by Gasteiger charge is -2.35. The number of rotatable bonds is 6. The van der Waals surface area contributed by atoms with E-state index in [9.17, 15) is 18.3 Å². The van der Waals surface area contributed by atoms with E-state index in [2.05, 4.69) is 9.62 Å². The molecule has 0 spiro atoms. The van der Waals surface area contributed by atoms with E-state index in [1.165, 1.54) is 6.07 Å². The molecule has 0 fully saturated rings. The van der Waals surface area contributed by atoms with Crippen molar-refractivity contribution in [1.82, 2.24) is 9.80 Å². The van der Waals surface area contributed by atoms with Gasteiger partial charge in [0.1, 0.15) is 5.75 Å². The Labute approximate surface area is 204 Å². The summed E-state index contributed by atoms with van der Waals surface area (Å²) in [7, 11) is 0.465. The summed E-state index contributed by atoms with van der Waals surface area (Å²) in [6.45, 7) is 7.31. The van der Waals surface area contributed by atoms with Crippen molar-refractivity contribution in [2.24, 2.45) is 5.92 Å². The first-order valence-electron chi connectivity index (χ1n) is 11.9. The molecule has 0 aliphatic carbocycles. The van der Waals surface area contributed by atoms with Crippen molar-refractivity contribution < 1.29 is 27.8 Å². The van der Waals surface area contributed by atoms with Gasteiger partial charge in [0.05, 0.1) is 36.7 Å². The third kappa shape index (κ3) is 8.72. The van der Waals surface area contributed by atoms with Crippen molar-refractivity contribution in [1.29, 1.82) is 0 Å². The highest BCUT2D eigenvalue weighted by Gasteiger charge is 2.30. The van der Waals surface area contributed by atoms with Gasteiger partial charge in [-0.1, -0.05) is 6.92 Å². The Morgan fingerprint density at radius 2 is 1.97 bits per heavy atom. The maximum atomic E-state index is 13.8. The summed E-state index contributed by atoms with van der Waals surface area (Å²) in [6, 6.07) is 4.28. The molecule has 0 radical (unpaired) electrons. The maximum absolute atomic E-state index is 13.8. The molecule has 194 valence electrons. The van der Waals surface area contributed by atoms with Crippen LogP contribution in [0.15, 0.2) is 18.2 Å². The number of carbonyl (C=O) groups is 1. The molecule has 2 rings (SSSR count). The molecule has 0 unspecified atom stereocenters. The predicted molar refractivity (Wildman–Crippen MR) is 134 cm³/mol. The van der Waals surface area contributed by atoms with Gasteiger partial charge < -0.3 is 24.4 Å². The van der Waals surface area contributed by atoms with Crippen LogP contribution in [-0.4, -0.2) is 94.1 Å². The number of fused-ring (bicyclic) bond motifs is 1. The third-order valence-corrected chi connectivity index (χ3v) is 6.51. The van der Waals surface area contributed by atoms with Gasteiger partial charge in [-0.15, -0.1) is 0 Å². The molecule has 1 aromatic carbocycles. The van der Waals surface area contributed by atoms with Crippen molar-refractivity contribution in [3.63, 3.8) is 0 Å². The monoisotopic (exact) mass is 499 g/mol. The molecule has 1 heterocycles. The van der Waals surface area contributed by atoms with E-state index in [1.54, 1.807) is 24.0 Å². The van der Waals surface area contributed by atoms with Gasteiger partial charge >= 0.3 is 0 Å². The van der Waals surface area contributed by atoms with Crippen molar-refractivity contribution in [2.75, 3.05) is 51.4 Å². The second-order valence-electron chi connectivity index (χ2n) is 9.65. The Morgan fingerprint density at radius 3 is 2.59 bits per heavy atom. The summed E-state index contributed by atoms with van der Waals surface area (Å²) in [5.74, 6) is 0.0785.